The zero-order valence-electron chi connectivity index (χ0n) is 20.2. The second-order valence-electron chi connectivity index (χ2n) is 9.44. The van der Waals surface area contributed by atoms with Gasteiger partial charge in [-0.1, -0.05) is 30.3 Å². The summed E-state index contributed by atoms with van der Waals surface area (Å²) in [5.41, 5.74) is 6.33. The smallest absolute Gasteiger partial charge is 0.222 e. The zero-order valence-corrected chi connectivity index (χ0v) is 20.2. The number of hydrogen-bond donors (Lipinski definition) is 0. The van der Waals surface area contributed by atoms with Gasteiger partial charge in [0.05, 0.1) is 17.6 Å². The van der Waals surface area contributed by atoms with Crippen LogP contribution in [0.5, 0.6) is 0 Å². The summed E-state index contributed by atoms with van der Waals surface area (Å²) in [6, 6.07) is 14.6. The lowest BCUT2D eigenvalue weighted by Gasteiger charge is -2.32. The van der Waals surface area contributed by atoms with Crippen LogP contribution in [-0.2, 0) is 17.6 Å². The van der Waals surface area contributed by atoms with Gasteiger partial charge in [0.15, 0.2) is 11.5 Å². The zero-order chi connectivity index (χ0) is 23.7. The molecule has 1 amide bonds. The second kappa shape index (κ2) is 9.41. The Bertz CT molecular complexity index is 1300. The lowest BCUT2D eigenvalue weighted by atomic mass is 9.90. The molecule has 0 spiro atoms. The molecule has 7 nitrogen and oxygen atoms in total. The van der Waals surface area contributed by atoms with Gasteiger partial charge >= 0.3 is 0 Å². The van der Waals surface area contributed by atoms with E-state index in [1.807, 2.05) is 46.3 Å². The summed E-state index contributed by atoms with van der Waals surface area (Å²) in [5.74, 6) is 1.67. The summed E-state index contributed by atoms with van der Waals surface area (Å²) in [6.45, 7) is 7.78. The van der Waals surface area contributed by atoms with Crippen molar-refractivity contribution in [2.75, 3.05) is 13.1 Å². The van der Waals surface area contributed by atoms with Gasteiger partial charge in [0.25, 0.3) is 0 Å². The SMILES string of the molecule is Cc1nn(-c2ccc3ncc(C)n3n2)c(C)c1CCC(=O)N1CCC(Cc2ccccc2)CC1. The van der Waals surface area contributed by atoms with Crippen LogP contribution in [0.3, 0.4) is 0 Å². The van der Waals surface area contributed by atoms with Crippen LogP contribution in [0.15, 0.2) is 48.7 Å². The first kappa shape index (κ1) is 22.3. The molecule has 0 unspecified atom stereocenters. The number of amides is 1. The van der Waals surface area contributed by atoms with Crippen molar-refractivity contribution >= 4 is 11.6 Å². The van der Waals surface area contributed by atoms with Crippen molar-refractivity contribution in [3.05, 3.63) is 76.9 Å². The first-order valence-electron chi connectivity index (χ1n) is 12.2. The molecule has 1 aliphatic heterocycles. The Balaban J connectivity index is 1.20. The second-order valence-corrected chi connectivity index (χ2v) is 9.44. The standard InChI is InChI=1S/C27H32N6O/c1-19-18-28-25-10-11-26(30-32(19)25)33-21(3)24(20(2)29-33)9-12-27(34)31-15-13-23(14-16-31)17-22-7-5-4-6-8-22/h4-8,10-11,18,23H,9,12-17H2,1-3H3. The molecular formula is C27H32N6O. The largest absolute Gasteiger partial charge is 0.343 e. The summed E-state index contributed by atoms with van der Waals surface area (Å²) in [4.78, 5) is 19.4. The molecule has 1 aromatic carbocycles. The number of aromatic nitrogens is 5. The van der Waals surface area contributed by atoms with E-state index in [1.165, 1.54) is 5.56 Å². The molecule has 0 atom stereocenters. The van der Waals surface area contributed by atoms with Crippen LogP contribution in [0.25, 0.3) is 11.5 Å². The summed E-state index contributed by atoms with van der Waals surface area (Å²) in [7, 11) is 0. The van der Waals surface area contributed by atoms with Crippen molar-refractivity contribution in [3.8, 4) is 5.82 Å². The van der Waals surface area contributed by atoms with Crippen LogP contribution >= 0.6 is 0 Å². The van der Waals surface area contributed by atoms with Gasteiger partial charge in [-0.25, -0.2) is 14.2 Å². The molecule has 1 saturated heterocycles. The number of carbonyl (C=O) groups excluding carboxylic acids is 1. The molecule has 4 heterocycles. The molecule has 0 radical (unpaired) electrons. The van der Waals surface area contributed by atoms with E-state index in [2.05, 4.69) is 42.2 Å². The molecule has 3 aromatic heterocycles. The Labute approximate surface area is 200 Å². The number of rotatable bonds is 6. The Kier molecular flexibility index (Phi) is 6.18. The van der Waals surface area contributed by atoms with Gasteiger partial charge in [0, 0.05) is 25.2 Å². The highest BCUT2D eigenvalue weighted by Crippen LogP contribution is 2.23. The molecule has 1 fully saturated rings. The third-order valence-corrected chi connectivity index (χ3v) is 7.10. The van der Waals surface area contributed by atoms with E-state index >= 15 is 0 Å². The molecule has 5 rings (SSSR count). The summed E-state index contributed by atoms with van der Waals surface area (Å²) in [6.07, 6.45) is 6.31. The van der Waals surface area contributed by atoms with E-state index in [4.69, 9.17) is 10.2 Å². The van der Waals surface area contributed by atoms with Crippen molar-refractivity contribution in [1.29, 1.82) is 0 Å². The molecule has 176 valence electrons. The van der Waals surface area contributed by atoms with Gasteiger partial charge in [0.2, 0.25) is 5.91 Å². The van der Waals surface area contributed by atoms with Crippen molar-refractivity contribution in [3.63, 3.8) is 0 Å². The van der Waals surface area contributed by atoms with Gasteiger partial charge in [-0.2, -0.15) is 5.10 Å². The topological polar surface area (TPSA) is 68.3 Å². The molecule has 0 aliphatic carbocycles. The normalized spacial score (nSPS) is 14.7. The number of likely N-dealkylation sites (tertiary alicyclic amines) is 1. The maximum atomic E-state index is 13.0. The number of piperidine rings is 1. The monoisotopic (exact) mass is 456 g/mol. The van der Waals surface area contributed by atoms with E-state index < -0.39 is 0 Å². The predicted octanol–water partition coefficient (Wildman–Crippen LogP) is 4.25. The van der Waals surface area contributed by atoms with Gasteiger partial charge in [-0.05, 0) is 75.6 Å². The van der Waals surface area contributed by atoms with E-state index in [1.54, 1.807) is 0 Å². The summed E-state index contributed by atoms with van der Waals surface area (Å²) < 4.78 is 3.71. The summed E-state index contributed by atoms with van der Waals surface area (Å²) >= 11 is 0. The highest BCUT2D eigenvalue weighted by Gasteiger charge is 2.24. The van der Waals surface area contributed by atoms with Gasteiger partial charge in [-0.15, -0.1) is 5.10 Å². The maximum Gasteiger partial charge on any atom is 0.222 e. The molecule has 1 aliphatic rings. The Morgan fingerprint density at radius 2 is 1.76 bits per heavy atom. The number of hydrogen-bond acceptors (Lipinski definition) is 4. The lowest BCUT2D eigenvalue weighted by molar-refractivity contribution is -0.132. The van der Waals surface area contributed by atoms with E-state index in [-0.39, 0.29) is 5.91 Å². The lowest BCUT2D eigenvalue weighted by Crippen LogP contribution is -2.39. The average molecular weight is 457 g/mol. The highest BCUT2D eigenvalue weighted by molar-refractivity contribution is 5.76. The predicted molar refractivity (Wildman–Crippen MR) is 132 cm³/mol. The van der Waals surface area contributed by atoms with Crippen molar-refractivity contribution in [2.45, 2.75) is 52.9 Å². The number of carbonyl (C=O) groups is 1. The molecule has 0 bridgehead atoms. The summed E-state index contributed by atoms with van der Waals surface area (Å²) in [5, 5.41) is 9.44. The molecular weight excluding hydrogens is 424 g/mol. The number of imidazole rings is 1. The molecule has 4 aromatic rings. The van der Waals surface area contributed by atoms with Crippen LogP contribution in [0, 0.1) is 26.7 Å². The van der Waals surface area contributed by atoms with Gasteiger partial charge in [-0.3, -0.25) is 4.79 Å². The van der Waals surface area contributed by atoms with Gasteiger partial charge in [0.1, 0.15) is 0 Å². The minimum Gasteiger partial charge on any atom is -0.343 e. The van der Waals surface area contributed by atoms with Crippen LogP contribution in [0.2, 0.25) is 0 Å². The third kappa shape index (κ3) is 4.47. The Hall–Kier alpha value is -3.48. The first-order valence-corrected chi connectivity index (χ1v) is 12.2. The van der Waals surface area contributed by atoms with Crippen molar-refractivity contribution in [1.82, 2.24) is 29.3 Å². The number of fused-ring (bicyclic) bond motifs is 1. The number of nitrogens with zero attached hydrogens (tertiary/aromatic N) is 6. The van der Waals surface area contributed by atoms with Crippen LogP contribution in [-0.4, -0.2) is 48.3 Å². The molecule has 0 saturated carbocycles. The molecule has 7 heteroatoms. The first-order chi connectivity index (χ1) is 16.5. The van der Waals surface area contributed by atoms with E-state index in [0.717, 1.165) is 66.5 Å². The highest BCUT2D eigenvalue weighted by atomic mass is 16.2. The van der Waals surface area contributed by atoms with Gasteiger partial charge < -0.3 is 4.90 Å². The molecule has 0 N–H and O–H groups in total. The van der Waals surface area contributed by atoms with Crippen molar-refractivity contribution < 1.29 is 4.79 Å². The van der Waals surface area contributed by atoms with Crippen LogP contribution < -0.4 is 0 Å². The van der Waals surface area contributed by atoms with E-state index in [9.17, 15) is 4.79 Å². The average Bonchev–Trinajstić information content (AvgIpc) is 3.37. The Morgan fingerprint density at radius 1 is 1.00 bits per heavy atom. The molecule has 34 heavy (non-hydrogen) atoms. The van der Waals surface area contributed by atoms with Crippen LogP contribution in [0.4, 0.5) is 0 Å². The van der Waals surface area contributed by atoms with Crippen LogP contribution in [0.1, 0.15) is 47.5 Å². The third-order valence-electron chi connectivity index (χ3n) is 7.10. The fourth-order valence-corrected chi connectivity index (χ4v) is 5.07. The fraction of sp³-hybridized carbons (Fsp3) is 0.407. The number of aryl methyl sites for hydroxylation is 2. The fourth-order valence-electron chi connectivity index (χ4n) is 5.07. The Morgan fingerprint density at radius 3 is 2.53 bits per heavy atom. The maximum absolute atomic E-state index is 13.0. The minimum atomic E-state index is 0.248. The van der Waals surface area contributed by atoms with E-state index in [0.29, 0.717) is 18.8 Å². The number of benzene rings is 1. The minimum absolute atomic E-state index is 0.248. The quantitative estimate of drug-likeness (QED) is 0.435. The van der Waals surface area contributed by atoms with Crippen molar-refractivity contribution in [2.24, 2.45) is 5.92 Å².